The molecule has 2 aromatic rings. The Hall–Kier alpha value is -1.93. The van der Waals surface area contributed by atoms with E-state index in [1.54, 1.807) is 30.3 Å². The van der Waals surface area contributed by atoms with Crippen LogP contribution in [0.3, 0.4) is 0 Å². The van der Waals surface area contributed by atoms with Crippen LogP contribution in [0.4, 0.5) is 0 Å². The Morgan fingerprint density at radius 2 is 1.50 bits per heavy atom. The average molecular weight is 210 g/mol. The lowest BCUT2D eigenvalue weighted by atomic mass is 9.68. The molecular formula is C14H10O2. The fourth-order valence-corrected chi connectivity index (χ4v) is 2.22. The quantitative estimate of drug-likeness (QED) is 0.782. The average Bonchev–Trinajstić information content (AvgIpc) is 2.38. The maximum absolute atomic E-state index is 11.9. The van der Waals surface area contributed by atoms with Gasteiger partial charge in [-0.3, -0.25) is 4.79 Å². The molecule has 0 amide bonds. The number of rotatable bonds is 1. The van der Waals surface area contributed by atoms with E-state index >= 15 is 0 Å². The maximum atomic E-state index is 11.9. The van der Waals surface area contributed by atoms with Crippen molar-refractivity contribution in [1.29, 1.82) is 0 Å². The number of aliphatic hydroxyl groups is 1. The van der Waals surface area contributed by atoms with Gasteiger partial charge in [0.2, 0.25) is 5.78 Å². The first-order valence-corrected chi connectivity index (χ1v) is 5.17. The Morgan fingerprint density at radius 1 is 0.875 bits per heavy atom. The highest BCUT2D eigenvalue weighted by Crippen LogP contribution is 2.43. The van der Waals surface area contributed by atoms with Crippen LogP contribution in [0, 0.1) is 0 Å². The van der Waals surface area contributed by atoms with Crippen molar-refractivity contribution < 1.29 is 9.90 Å². The smallest absolute Gasteiger partial charge is 0.204 e. The Bertz CT molecular complexity index is 560. The van der Waals surface area contributed by atoms with Gasteiger partial charge in [0, 0.05) is 11.1 Å². The van der Waals surface area contributed by atoms with Gasteiger partial charge in [0.1, 0.15) is 0 Å². The van der Waals surface area contributed by atoms with E-state index < -0.39 is 5.60 Å². The first kappa shape index (κ1) is 9.31. The molecule has 0 spiro atoms. The molecule has 0 heterocycles. The summed E-state index contributed by atoms with van der Waals surface area (Å²) >= 11 is 0. The van der Waals surface area contributed by atoms with E-state index in [1.807, 2.05) is 24.3 Å². The highest BCUT2D eigenvalue weighted by atomic mass is 16.3. The molecule has 2 aromatic carbocycles. The van der Waals surface area contributed by atoms with E-state index in [0.717, 1.165) is 0 Å². The summed E-state index contributed by atoms with van der Waals surface area (Å²) < 4.78 is 0. The molecule has 0 aromatic heterocycles. The zero-order valence-electron chi connectivity index (χ0n) is 8.55. The number of benzene rings is 2. The van der Waals surface area contributed by atoms with Crippen LogP contribution in [0.1, 0.15) is 21.5 Å². The molecular weight excluding hydrogens is 200 g/mol. The van der Waals surface area contributed by atoms with Gasteiger partial charge >= 0.3 is 0 Å². The minimum absolute atomic E-state index is 0.214. The number of ketones is 1. The molecule has 0 bridgehead atoms. The van der Waals surface area contributed by atoms with Gasteiger partial charge in [-0.05, 0) is 5.56 Å². The molecule has 0 saturated carbocycles. The lowest BCUT2D eigenvalue weighted by molar-refractivity contribution is 0.0378. The third-order valence-corrected chi connectivity index (χ3v) is 3.08. The molecule has 3 rings (SSSR count). The molecule has 16 heavy (non-hydrogen) atoms. The normalized spacial score (nSPS) is 22.4. The van der Waals surface area contributed by atoms with Crippen molar-refractivity contribution in [3.05, 3.63) is 71.3 Å². The first-order valence-electron chi connectivity index (χ1n) is 5.17. The van der Waals surface area contributed by atoms with Gasteiger partial charge in [-0.25, -0.2) is 0 Å². The second kappa shape index (κ2) is 3.03. The Kier molecular flexibility index (Phi) is 1.76. The number of hydrogen-bond donors (Lipinski definition) is 1. The second-order valence-electron chi connectivity index (χ2n) is 3.95. The number of carbonyl (C=O) groups excluding carboxylic acids is 1. The Labute approximate surface area is 93.2 Å². The fourth-order valence-electron chi connectivity index (χ4n) is 2.22. The summed E-state index contributed by atoms with van der Waals surface area (Å²) in [5, 5.41) is 10.5. The molecule has 0 saturated heterocycles. The van der Waals surface area contributed by atoms with Crippen molar-refractivity contribution in [2.45, 2.75) is 5.60 Å². The topological polar surface area (TPSA) is 37.3 Å². The van der Waals surface area contributed by atoms with Gasteiger partial charge in [0.25, 0.3) is 0 Å². The second-order valence-corrected chi connectivity index (χ2v) is 3.95. The van der Waals surface area contributed by atoms with Crippen LogP contribution in [-0.2, 0) is 5.60 Å². The molecule has 1 aliphatic rings. The summed E-state index contributed by atoms with van der Waals surface area (Å²) in [4.78, 5) is 11.9. The number of Topliss-reactive ketones (excluding diaryl/α,β-unsaturated/α-hetero) is 1. The van der Waals surface area contributed by atoms with Gasteiger partial charge in [0.15, 0.2) is 5.60 Å². The minimum atomic E-state index is -1.43. The predicted octanol–water partition coefficient (Wildman–Crippen LogP) is 2.12. The number of carbonyl (C=O) groups is 1. The Balaban J connectivity index is 2.20. The van der Waals surface area contributed by atoms with Crippen LogP contribution in [-0.4, -0.2) is 10.9 Å². The number of hydrogen-bond acceptors (Lipinski definition) is 2. The minimum Gasteiger partial charge on any atom is -0.373 e. The zero-order valence-corrected chi connectivity index (χ0v) is 8.55. The summed E-state index contributed by atoms with van der Waals surface area (Å²) in [7, 11) is 0. The van der Waals surface area contributed by atoms with E-state index in [1.165, 1.54) is 0 Å². The largest absolute Gasteiger partial charge is 0.373 e. The fraction of sp³-hybridized carbons (Fsp3) is 0.0714. The van der Waals surface area contributed by atoms with Gasteiger partial charge < -0.3 is 5.11 Å². The predicted molar refractivity (Wildman–Crippen MR) is 60.2 cm³/mol. The van der Waals surface area contributed by atoms with E-state index in [2.05, 4.69) is 0 Å². The summed E-state index contributed by atoms with van der Waals surface area (Å²) in [6.07, 6.45) is 0. The lowest BCUT2D eigenvalue weighted by Crippen LogP contribution is -2.47. The molecule has 0 aliphatic heterocycles. The molecule has 1 N–H and O–H groups in total. The summed E-state index contributed by atoms with van der Waals surface area (Å²) in [6.45, 7) is 0. The molecule has 0 fully saturated rings. The molecule has 2 heteroatoms. The van der Waals surface area contributed by atoms with Crippen molar-refractivity contribution in [1.82, 2.24) is 0 Å². The van der Waals surface area contributed by atoms with Gasteiger partial charge in [-0.15, -0.1) is 0 Å². The van der Waals surface area contributed by atoms with Gasteiger partial charge in [-0.1, -0.05) is 54.6 Å². The highest BCUT2D eigenvalue weighted by Gasteiger charge is 2.50. The number of fused-ring (bicyclic) bond motifs is 1. The van der Waals surface area contributed by atoms with Crippen LogP contribution in [0.5, 0.6) is 0 Å². The van der Waals surface area contributed by atoms with Crippen LogP contribution >= 0.6 is 0 Å². The zero-order chi connectivity index (χ0) is 11.2. The van der Waals surface area contributed by atoms with Crippen LogP contribution in [0.2, 0.25) is 0 Å². The van der Waals surface area contributed by atoms with E-state index in [4.69, 9.17) is 0 Å². The summed E-state index contributed by atoms with van der Waals surface area (Å²) in [5.41, 5.74) is 0.524. The lowest BCUT2D eigenvalue weighted by Gasteiger charge is -2.37. The molecule has 78 valence electrons. The summed E-state index contributed by atoms with van der Waals surface area (Å²) in [5.74, 6) is -0.214. The third kappa shape index (κ3) is 0.969. The highest BCUT2D eigenvalue weighted by molar-refractivity contribution is 6.14. The van der Waals surface area contributed by atoms with Crippen LogP contribution in [0.15, 0.2) is 54.6 Å². The van der Waals surface area contributed by atoms with Crippen molar-refractivity contribution >= 4 is 5.78 Å². The molecule has 0 radical (unpaired) electrons. The molecule has 1 atom stereocenters. The molecule has 1 aliphatic carbocycles. The SMILES string of the molecule is O=C1c2ccccc2[C@]1(O)c1ccccc1. The van der Waals surface area contributed by atoms with Crippen molar-refractivity contribution in [2.24, 2.45) is 0 Å². The van der Waals surface area contributed by atoms with Crippen LogP contribution < -0.4 is 0 Å². The van der Waals surface area contributed by atoms with Crippen LogP contribution in [0.25, 0.3) is 0 Å². The maximum Gasteiger partial charge on any atom is 0.204 e. The van der Waals surface area contributed by atoms with Gasteiger partial charge in [0.05, 0.1) is 0 Å². The molecule has 2 nitrogen and oxygen atoms in total. The van der Waals surface area contributed by atoms with Crippen molar-refractivity contribution in [3.63, 3.8) is 0 Å². The van der Waals surface area contributed by atoms with Crippen molar-refractivity contribution in [2.75, 3.05) is 0 Å². The van der Waals surface area contributed by atoms with Crippen molar-refractivity contribution in [3.8, 4) is 0 Å². The summed E-state index contributed by atoms with van der Waals surface area (Å²) in [6, 6.07) is 16.2. The molecule has 0 unspecified atom stereocenters. The van der Waals surface area contributed by atoms with E-state index in [0.29, 0.717) is 16.7 Å². The standard InChI is InChI=1S/C14H10O2/c15-13-11-8-4-5-9-12(11)14(13,16)10-6-2-1-3-7-10/h1-9,16H/t14-/m1/s1. The van der Waals surface area contributed by atoms with E-state index in [9.17, 15) is 9.90 Å². The third-order valence-electron chi connectivity index (χ3n) is 3.08. The first-order chi connectivity index (χ1) is 7.74. The van der Waals surface area contributed by atoms with E-state index in [-0.39, 0.29) is 5.78 Å². The monoisotopic (exact) mass is 210 g/mol. The van der Waals surface area contributed by atoms with Gasteiger partial charge in [-0.2, -0.15) is 0 Å². The Morgan fingerprint density at radius 3 is 2.25 bits per heavy atom.